The minimum atomic E-state index is -5.03. The summed E-state index contributed by atoms with van der Waals surface area (Å²) in [5.41, 5.74) is 5.83. The van der Waals surface area contributed by atoms with E-state index < -0.39 is 64.1 Å². The summed E-state index contributed by atoms with van der Waals surface area (Å²) in [6.45, 7) is 6.55. The highest BCUT2D eigenvalue weighted by atomic mass is 32.2. The van der Waals surface area contributed by atoms with Gasteiger partial charge in [-0.25, -0.2) is 4.79 Å². The Morgan fingerprint density at radius 3 is 1.26 bits per heavy atom. The lowest BCUT2D eigenvalue weighted by atomic mass is 10.1. The molecule has 0 amide bonds. The van der Waals surface area contributed by atoms with Crippen molar-refractivity contribution < 1.29 is 50.8 Å². The predicted octanol–water partition coefficient (Wildman–Crippen LogP) is 10.3. The fraction of sp³-hybridized carbons (Fsp3) is 0.886. The van der Waals surface area contributed by atoms with Gasteiger partial charge < -0.3 is 24.1 Å². The Hall–Kier alpha value is -2.54. The zero-order valence-corrected chi connectivity index (χ0v) is 37.0. The zero-order chi connectivity index (χ0) is 42.4. The standard InChI is InChI=1S/C44H81NO11S/c1-4-7-10-13-16-19-21-24-27-30-35-53-42(48)37-39(44(50)54-36-31-28-25-22-20-17-14-11-8-5-2)57(51,52)56-43(49)38(45)33-34-41(47)55-40(46)32-29-26-23-18-15-12-9-6-3/h38-39H,4-37,45H2,1-3H3/t38-,39?/m0/s1. The van der Waals surface area contributed by atoms with Crippen molar-refractivity contribution in [1.82, 2.24) is 0 Å². The maximum absolute atomic E-state index is 13.2. The second-order valence-electron chi connectivity index (χ2n) is 15.6. The molecule has 0 heterocycles. The van der Waals surface area contributed by atoms with Crippen molar-refractivity contribution in [3.05, 3.63) is 0 Å². The van der Waals surface area contributed by atoms with Crippen LogP contribution in [0.2, 0.25) is 0 Å². The molecule has 13 heteroatoms. The van der Waals surface area contributed by atoms with Crippen LogP contribution in [0.4, 0.5) is 0 Å². The summed E-state index contributed by atoms with van der Waals surface area (Å²) in [5, 5.41) is -2.14. The fourth-order valence-corrected chi connectivity index (χ4v) is 7.51. The van der Waals surface area contributed by atoms with Crippen LogP contribution in [0.3, 0.4) is 0 Å². The van der Waals surface area contributed by atoms with E-state index in [1.807, 2.05) is 0 Å². The molecule has 0 aromatic heterocycles. The Balaban J connectivity index is 4.94. The molecule has 0 aliphatic heterocycles. The predicted molar refractivity (Wildman–Crippen MR) is 225 cm³/mol. The maximum atomic E-state index is 13.2. The Labute approximate surface area is 346 Å². The van der Waals surface area contributed by atoms with Crippen molar-refractivity contribution in [1.29, 1.82) is 0 Å². The van der Waals surface area contributed by atoms with Crippen molar-refractivity contribution in [2.24, 2.45) is 5.73 Å². The van der Waals surface area contributed by atoms with Gasteiger partial charge in [-0.1, -0.05) is 181 Å². The molecule has 0 radical (unpaired) electrons. The lowest BCUT2D eigenvalue weighted by Crippen LogP contribution is -2.41. The Kier molecular flexibility index (Phi) is 36.0. The molecule has 0 saturated carbocycles. The van der Waals surface area contributed by atoms with E-state index in [2.05, 4.69) is 20.8 Å². The van der Waals surface area contributed by atoms with Crippen LogP contribution in [0.25, 0.3) is 0 Å². The van der Waals surface area contributed by atoms with Gasteiger partial charge in [0.2, 0.25) is 5.25 Å². The number of nitrogens with two attached hydrogens (primary N) is 1. The molecule has 0 aliphatic rings. The molecule has 0 saturated heterocycles. The van der Waals surface area contributed by atoms with Gasteiger partial charge in [-0.05, 0) is 25.7 Å². The van der Waals surface area contributed by atoms with Crippen molar-refractivity contribution in [3.63, 3.8) is 0 Å². The van der Waals surface area contributed by atoms with Gasteiger partial charge in [0.15, 0.2) is 0 Å². The average Bonchev–Trinajstić information content (AvgIpc) is 3.17. The average molecular weight is 832 g/mol. The molecule has 0 spiro atoms. The monoisotopic (exact) mass is 832 g/mol. The first kappa shape index (κ1) is 54.5. The summed E-state index contributed by atoms with van der Waals surface area (Å²) in [7, 11) is -5.03. The summed E-state index contributed by atoms with van der Waals surface area (Å²) in [4.78, 5) is 62.8. The third-order valence-electron chi connectivity index (χ3n) is 10.1. The van der Waals surface area contributed by atoms with E-state index in [-0.39, 0.29) is 26.1 Å². The van der Waals surface area contributed by atoms with Crippen molar-refractivity contribution in [2.45, 2.75) is 238 Å². The van der Waals surface area contributed by atoms with Gasteiger partial charge in [0.1, 0.15) is 6.04 Å². The molecular formula is C44H81NO11S. The van der Waals surface area contributed by atoms with Gasteiger partial charge >= 0.3 is 40.0 Å². The Bertz CT molecular complexity index is 1160. The first-order chi connectivity index (χ1) is 27.5. The van der Waals surface area contributed by atoms with Crippen LogP contribution in [0.5, 0.6) is 0 Å². The minimum Gasteiger partial charge on any atom is -0.466 e. The normalized spacial score (nSPS) is 12.5. The molecule has 0 bridgehead atoms. The fourth-order valence-electron chi connectivity index (χ4n) is 6.40. The Morgan fingerprint density at radius 2 is 0.825 bits per heavy atom. The quantitative estimate of drug-likeness (QED) is 0.0203. The third-order valence-corrected chi connectivity index (χ3v) is 11.5. The van der Waals surface area contributed by atoms with Gasteiger partial charge in [-0.2, -0.15) is 8.42 Å². The second-order valence-corrected chi connectivity index (χ2v) is 17.3. The van der Waals surface area contributed by atoms with Crippen molar-refractivity contribution in [2.75, 3.05) is 13.2 Å². The first-order valence-electron chi connectivity index (χ1n) is 22.8. The minimum absolute atomic E-state index is 0.0532. The maximum Gasteiger partial charge on any atom is 0.338 e. The first-order valence-corrected chi connectivity index (χ1v) is 24.2. The summed E-state index contributed by atoms with van der Waals surface area (Å²) in [5.74, 6) is -5.15. The van der Waals surface area contributed by atoms with Gasteiger partial charge in [-0.3, -0.25) is 19.2 Å². The molecule has 0 fully saturated rings. The highest BCUT2D eigenvalue weighted by Crippen LogP contribution is 2.17. The molecule has 2 atom stereocenters. The van der Waals surface area contributed by atoms with E-state index >= 15 is 0 Å². The largest absolute Gasteiger partial charge is 0.466 e. The SMILES string of the molecule is CCCCCCCCCCCCOC(=O)CC(C(=O)OCCCCCCCCCCCC)S(=O)(=O)OC(=O)[C@@H](N)CCC(=O)OC(=O)CCCCCCCCCC. The van der Waals surface area contributed by atoms with Gasteiger partial charge in [-0.15, -0.1) is 0 Å². The highest BCUT2D eigenvalue weighted by Gasteiger charge is 2.40. The molecule has 0 rings (SSSR count). The number of hydrogen-bond donors (Lipinski definition) is 1. The summed E-state index contributed by atoms with van der Waals surface area (Å²) in [6.07, 6.45) is 28.2. The lowest BCUT2D eigenvalue weighted by molar-refractivity contribution is -0.160. The Morgan fingerprint density at radius 1 is 0.456 bits per heavy atom. The highest BCUT2D eigenvalue weighted by molar-refractivity contribution is 7.88. The van der Waals surface area contributed by atoms with Crippen LogP contribution in [0.1, 0.15) is 226 Å². The number of unbranched alkanes of at least 4 members (excludes halogenated alkanes) is 25. The van der Waals surface area contributed by atoms with E-state index in [1.165, 1.54) is 83.5 Å². The number of rotatable bonds is 40. The van der Waals surface area contributed by atoms with Gasteiger partial charge in [0.25, 0.3) is 0 Å². The van der Waals surface area contributed by atoms with E-state index in [0.29, 0.717) is 19.3 Å². The number of carbonyl (C=O) groups is 5. The van der Waals surface area contributed by atoms with Crippen LogP contribution < -0.4 is 5.73 Å². The molecule has 2 N–H and O–H groups in total. The molecular weight excluding hydrogens is 751 g/mol. The van der Waals surface area contributed by atoms with E-state index in [1.54, 1.807) is 0 Å². The van der Waals surface area contributed by atoms with Crippen LogP contribution >= 0.6 is 0 Å². The lowest BCUT2D eigenvalue weighted by Gasteiger charge is -2.17. The van der Waals surface area contributed by atoms with E-state index in [4.69, 9.17) is 24.1 Å². The molecule has 1 unspecified atom stereocenters. The van der Waals surface area contributed by atoms with Crippen LogP contribution in [0, 0.1) is 0 Å². The smallest absolute Gasteiger partial charge is 0.338 e. The van der Waals surface area contributed by atoms with E-state index in [0.717, 1.165) is 77.0 Å². The zero-order valence-electron chi connectivity index (χ0n) is 36.2. The van der Waals surface area contributed by atoms with Crippen LogP contribution in [-0.4, -0.2) is 62.8 Å². The molecule has 0 aliphatic carbocycles. The molecule has 12 nitrogen and oxygen atoms in total. The van der Waals surface area contributed by atoms with Gasteiger partial charge in [0, 0.05) is 12.8 Å². The topological polar surface area (TPSA) is 182 Å². The molecule has 0 aromatic rings. The second kappa shape index (κ2) is 37.7. The number of hydrogen-bond acceptors (Lipinski definition) is 12. The van der Waals surface area contributed by atoms with E-state index in [9.17, 15) is 32.4 Å². The van der Waals surface area contributed by atoms with Crippen LogP contribution in [0.15, 0.2) is 0 Å². The summed E-state index contributed by atoms with van der Waals surface area (Å²) >= 11 is 0. The van der Waals surface area contributed by atoms with Gasteiger partial charge in [0.05, 0.1) is 19.6 Å². The van der Waals surface area contributed by atoms with Crippen molar-refractivity contribution >= 4 is 40.0 Å². The summed E-state index contributed by atoms with van der Waals surface area (Å²) < 4.78 is 46.5. The third kappa shape index (κ3) is 33.0. The number of carbonyl (C=O) groups excluding carboxylic acids is 5. The number of esters is 4. The molecule has 334 valence electrons. The summed E-state index contributed by atoms with van der Waals surface area (Å²) in [6, 6.07) is -1.58. The number of ether oxygens (including phenoxy) is 3. The van der Waals surface area contributed by atoms with Crippen LogP contribution in [-0.2, 0) is 52.5 Å². The molecule has 0 aromatic carbocycles. The molecule has 57 heavy (non-hydrogen) atoms. The van der Waals surface area contributed by atoms with Crippen molar-refractivity contribution in [3.8, 4) is 0 Å².